The minimum Gasteiger partial charge on any atom is -0.493 e. The predicted molar refractivity (Wildman–Crippen MR) is 145 cm³/mol. The highest BCUT2D eigenvalue weighted by atomic mass is 16.5. The van der Waals surface area contributed by atoms with Crippen LogP contribution in [0.4, 0.5) is 0 Å². The van der Waals surface area contributed by atoms with Crippen molar-refractivity contribution in [3.8, 4) is 17.2 Å². The van der Waals surface area contributed by atoms with Crippen molar-refractivity contribution in [2.24, 2.45) is 5.92 Å². The van der Waals surface area contributed by atoms with Crippen LogP contribution in [0.5, 0.6) is 17.2 Å². The third-order valence-corrected chi connectivity index (χ3v) is 7.52. The van der Waals surface area contributed by atoms with E-state index in [1.807, 2.05) is 35.8 Å². The third kappa shape index (κ3) is 6.53. The van der Waals surface area contributed by atoms with Gasteiger partial charge in [-0.1, -0.05) is 12.1 Å². The van der Waals surface area contributed by atoms with Crippen molar-refractivity contribution in [3.63, 3.8) is 0 Å². The van der Waals surface area contributed by atoms with Crippen molar-refractivity contribution in [1.82, 2.24) is 30.3 Å². The molecule has 1 aromatic heterocycles. The van der Waals surface area contributed by atoms with E-state index >= 15 is 0 Å². The zero-order valence-corrected chi connectivity index (χ0v) is 22.5. The van der Waals surface area contributed by atoms with Crippen LogP contribution < -0.4 is 24.8 Å². The van der Waals surface area contributed by atoms with E-state index in [4.69, 9.17) is 14.2 Å². The maximum Gasteiger partial charge on any atom is 0.258 e. The minimum absolute atomic E-state index is 0.167. The molecule has 1 aliphatic carbocycles. The minimum atomic E-state index is -0.253. The molecule has 2 atom stereocenters. The summed E-state index contributed by atoms with van der Waals surface area (Å²) in [5.41, 5.74) is 1.36. The van der Waals surface area contributed by atoms with E-state index in [0.29, 0.717) is 55.0 Å². The van der Waals surface area contributed by atoms with Crippen molar-refractivity contribution in [3.05, 3.63) is 65.7 Å². The van der Waals surface area contributed by atoms with Gasteiger partial charge in [0.2, 0.25) is 0 Å². The van der Waals surface area contributed by atoms with Gasteiger partial charge in [-0.2, -0.15) is 0 Å². The first-order chi connectivity index (χ1) is 19.5. The Morgan fingerprint density at radius 3 is 2.67 bits per heavy atom. The van der Waals surface area contributed by atoms with Crippen molar-refractivity contribution < 1.29 is 23.8 Å². The molecule has 0 spiro atoms. The Kier molecular flexibility index (Phi) is 7.54. The quantitative estimate of drug-likeness (QED) is 0.482. The van der Waals surface area contributed by atoms with Crippen LogP contribution in [0.25, 0.3) is 0 Å². The Morgan fingerprint density at radius 2 is 1.90 bits per heavy atom. The molecule has 0 unspecified atom stereocenters. The van der Waals surface area contributed by atoms with E-state index in [0.717, 1.165) is 37.3 Å². The Hall–Kier alpha value is -4.12. The Bertz CT molecular complexity index is 1360. The van der Waals surface area contributed by atoms with Crippen LogP contribution >= 0.6 is 0 Å². The maximum atomic E-state index is 13.6. The molecule has 2 N–H and O–H groups in total. The number of likely N-dealkylation sites (tertiary alicyclic amines) is 1. The molecule has 0 radical (unpaired) electrons. The Balaban J connectivity index is 1.24. The number of rotatable bonds is 6. The summed E-state index contributed by atoms with van der Waals surface area (Å²) in [6.45, 7) is 5.54. The number of ether oxygens (including phenoxy) is 3. The normalized spacial score (nSPS) is 21.5. The largest absolute Gasteiger partial charge is 0.493 e. The van der Waals surface area contributed by atoms with Gasteiger partial charge in [0.25, 0.3) is 11.8 Å². The van der Waals surface area contributed by atoms with Gasteiger partial charge in [0.05, 0.1) is 12.6 Å². The zero-order valence-electron chi connectivity index (χ0n) is 22.5. The lowest BCUT2D eigenvalue weighted by Gasteiger charge is -2.22. The standard InChI is InChI=1S/C29H34N6O5/c1-19-33-31-18-35(19)9-8-34-14-26-27(15-34)40-23-6-4-20(5-7-23)13-30-28(36)17-39-25-11-22(29(37)32-26)10-24(12-25)38-16-21-2-3-21/h4-7,10-12,18,21,26-27H,2-3,8-9,13-17H2,1H3,(H,30,36)(H,32,37)/t26-,27-/m0/s1. The number of nitrogens with zero attached hydrogens (tertiary/aromatic N) is 4. The molecular formula is C29H34N6O5. The molecule has 3 aromatic rings. The average molecular weight is 547 g/mol. The van der Waals surface area contributed by atoms with Crippen LogP contribution in [-0.4, -0.2) is 76.5 Å². The fraction of sp³-hybridized carbons (Fsp3) is 0.448. The highest BCUT2D eigenvalue weighted by molar-refractivity contribution is 5.95. The number of aromatic nitrogens is 3. The van der Waals surface area contributed by atoms with Crippen molar-refractivity contribution in [2.75, 3.05) is 32.8 Å². The van der Waals surface area contributed by atoms with Crippen LogP contribution in [0.1, 0.15) is 34.6 Å². The van der Waals surface area contributed by atoms with Gasteiger partial charge >= 0.3 is 0 Å². The molecule has 1 saturated carbocycles. The smallest absolute Gasteiger partial charge is 0.258 e. The van der Waals surface area contributed by atoms with Gasteiger partial charge in [-0.3, -0.25) is 14.5 Å². The second-order valence-corrected chi connectivity index (χ2v) is 10.7. The van der Waals surface area contributed by atoms with E-state index in [1.54, 1.807) is 24.5 Å². The first-order valence-corrected chi connectivity index (χ1v) is 13.8. The SMILES string of the molecule is Cc1nncn1CCN1C[C@@H]2NC(=O)c3cc(cc(OCC4CC4)c3)OCC(=O)NCc3ccc(cc3)O[C@H]2C1. The van der Waals surface area contributed by atoms with Crippen LogP contribution in [0.2, 0.25) is 0 Å². The van der Waals surface area contributed by atoms with Gasteiger partial charge < -0.3 is 29.4 Å². The van der Waals surface area contributed by atoms with Crippen LogP contribution in [0, 0.1) is 12.8 Å². The number of aryl methyl sites for hydroxylation is 1. The van der Waals surface area contributed by atoms with E-state index in [2.05, 4.69) is 25.7 Å². The predicted octanol–water partition coefficient (Wildman–Crippen LogP) is 1.95. The lowest BCUT2D eigenvalue weighted by molar-refractivity contribution is -0.123. The van der Waals surface area contributed by atoms with Crippen LogP contribution in [0.3, 0.4) is 0 Å². The molecule has 40 heavy (non-hydrogen) atoms. The molecule has 210 valence electrons. The van der Waals surface area contributed by atoms with Gasteiger partial charge in [0, 0.05) is 44.4 Å². The van der Waals surface area contributed by atoms with Crippen molar-refractivity contribution in [1.29, 1.82) is 0 Å². The van der Waals surface area contributed by atoms with E-state index in [1.165, 1.54) is 0 Å². The first-order valence-electron chi connectivity index (χ1n) is 13.8. The maximum absolute atomic E-state index is 13.6. The second kappa shape index (κ2) is 11.5. The summed E-state index contributed by atoms with van der Waals surface area (Å²) in [5.74, 6) is 2.59. The van der Waals surface area contributed by atoms with Gasteiger partial charge in [0.15, 0.2) is 6.61 Å². The lowest BCUT2D eigenvalue weighted by atomic mass is 10.1. The van der Waals surface area contributed by atoms with E-state index < -0.39 is 0 Å². The van der Waals surface area contributed by atoms with Crippen molar-refractivity contribution >= 4 is 11.8 Å². The van der Waals surface area contributed by atoms with Crippen LogP contribution in [-0.2, 0) is 17.9 Å². The Labute approximate surface area is 232 Å². The van der Waals surface area contributed by atoms with Crippen molar-refractivity contribution in [2.45, 2.75) is 45.0 Å². The molecule has 2 fully saturated rings. The molecule has 11 heteroatoms. The lowest BCUT2D eigenvalue weighted by Crippen LogP contribution is -2.45. The molecule has 2 amide bonds. The van der Waals surface area contributed by atoms with Gasteiger partial charge in [-0.25, -0.2) is 0 Å². The topological polar surface area (TPSA) is 120 Å². The summed E-state index contributed by atoms with van der Waals surface area (Å²) >= 11 is 0. The number of benzene rings is 2. The van der Waals surface area contributed by atoms with E-state index in [9.17, 15) is 9.59 Å². The van der Waals surface area contributed by atoms with Gasteiger partial charge in [0.1, 0.15) is 35.5 Å². The summed E-state index contributed by atoms with van der Waals surface area (Å²) in [6, 6.07) is 12.5. The summed E-state index contributed by atoms with van der Waals surface area (Å²) in [6.07, 6.45) is 3.79. The summed E-state index contributed by atoms with van der Waals surface area (Å²) in [7, 11) is 0. The number of carbonyl (C=O) groups is 2. The highest BCUT2D eigenvalue weighted by Gasteiger charge is 2.36. The summed E-state index contributed by atoms with van der Waals surface area (Å²) in [4.78, 5) is 28.3. The number of hydrogen-bond donors (Lipinski definition) is 2. The number of nitrogens with one attached hydrogen (secondary N) is 2. The van der Waals surface area contributed by atoms with E-state index in [-0.39, 0.29) is 30.6 Å². The second-order valence-electron chi connectivity index (χ2n) is 10.7. The highest BCUT2D eigenvalue weighted by Crippen LogP contribution is 2.31. The molecule has 1 saturated heterocycles. The molecule has 4 heterocycles. The fourth-order valence-electron chi connectivity index (χ4n) is 4.95. The molecular weight excluding hydrogens is 512 g/mol. The molecule has 3 aliphatic heterocycles. The molecule has 2 aromatic carbocycles. The van der Waals surface area contributed by atoms with Gasteiger partial charge in [-0.05, 0) is 55.5 Å². The monoisotopic (exact) mass is 546 g/mol. The third-order valence-electron chi connectivity index (χ3n) is 7.52. The molecule has 4 bridgehead atoms. The molecule has 7 rings (SSSR count). The molecule has 11 nitrogen and oxygen atoms in total. The Morgan fingerprint density at radius 1 is 1.05 bits per heavy atom. The summed E-state index contributed by atoms with van der Waals surface area (Å²) in [5, 5.41) is 14.1. The van der Waals surface area contributed by atoms with Crippen LogP contribution in [0.15, 0.2) is 48.8 Å². The fourth-order valence-corrected chi connectivity index (χ4v) is 4.95. The number of hydrogen-bond acceptors (Lipinski definition) is 8. The zero-order chi connectivity index (χ0) is 27.5. The average Bonchev–Trinajstić information content (AvgIpc) is 3.59. The number of carbonyl (C=O) groups excluding carboxylic acids is 2. The number of fused-ring (bicyclic) bond motifs is 7. The first kappa shape index (κ1) is 26.1. The van der Waals surface area contributed by atoms with Gasteiger partial charge in [-0.15, -0.1) is 10.2 Å². The molecule has 4 aliphatic rings. The summed E-state index contributed by atoms with van der Waals surface area (Å²) < 4.78 is 20.2. The number of amides is 2.